The van der Waals surface area contributed by atoms with E-state index >= 15 is 0 Å². The molecule has 0 saturated heterocycles. The molecule has 0 atom stereocenters. The van der Waals surface area contributed by atoms with Crippen molar-refractivity contribution in [2.24, 2.45) is 0 Å². The first-order chi connectivity index (χ1) is 15.5. The highest BCUT2D eigenvalue weighted by Gasteiger charge is 2.20. The van der Waals surface area contributed by atoms with Crippen molar-refractivity contribution in [2.75, 3.05) is 5.32 Å². The second-order valence-corrected chi connectivity index (χ2v) is 7.95. The van der Waals surface area contributed by atoms with Crippen molar-refractivity contribution in [3.05, 3.63) is 101 Å². The Morgan fingerprint density at radius 3 is 2.34 bits per heavy atom. The number of nitrogens with zero attached hydrogens (tertiary/aromatic N) is 2. The van der Waals surface area contributed by atoms with Crippen LogP contribution in [0.4, 0.5) is 5.69 Å². The zero-order chi connectivity index (χ0) is 22.5. The summed E-state index contributed by atoms with van der Waals surface area (Å²) in [5.74, 6) is 1.33. The predicted octanol–water partition coefficient (Wildman–Crippen LogP) is 6.16. The number of hydrogen-bond acceptors (Lipinski definition) is 3. The molecule has 1 aromatic heterocycles. The van der Waals surface area contributed by atoms with E-state index in [9.17, 15) is 4.79 Å². The Hall–Kier alpha value is -3.86. The maximum Gasteiger partial charge on any atom is 0.226 e. The van der Waals surface area contributed by atoms with Crippen molar-refractivity contribution < 1.29 is 9.53 Å². The maximum absolute atomic E-state index is 12.6. The zero-order valence-corrected chi connectivity index (χ0v) is 18.6. The fourth-order valence-corrected chi connectivity index (χ4v) is 3.65. The molecule has 0 spiro atoms. The van der Waals surface area contributed by atoms with Crippen LogP contribution in [0.2, 0.25) is 0 Å². The summed E-state index contributed by atoms with van der Waals surface area (Å²) in [6.07, 6.45) is 0.858. The van der Waals surface area contributed by atoms with Crippen molar-refractivity contribution >= 4 is 11.6 Å². The van der Waals surface area contributed by atoms with Gasteiger partial charge in [0, 0.05) is 17.7 Å². The van der Waals surface area contributed by atoms with E-state index in [2.05, 4.69) is 11.4 Å². The first-order valence-corrected chi connectivity index (χ1v) is 10.7. The molecular formula is C27H27N3O2. The van der Waals surface area contributed by atoms with Crippen LogP contribution < -0.4 is 10.1 Å². The average Bonchev–Trinajstić information content (AvgIpc) is 3.08. The smallest absolute Gasteiger partial charge is 0.226 e. The number of carbonyl (C=O) groups is 1. The highest BCUT2D eigenvalue weighted by molar-refractivity contribution is 5.90. The lowest BCUT2D eigenvalue weighted by Gasteiger charge is -2.12. The van der Waals surface area contributed by atoms with Crippen LogP contribution in [0, 0.1) is 20.8 Å². The summed E-state index contributed by atoms with van der Waals surface area (Å²) in [4.78, 5) is 12.6. The minimum atomic E-state index is -0.0380. The molecule has 5 nitrogen and oxygen atoms in total. The molecule has 0 aliphatic carbocycles. The molecule has 4 aromatic rings. The molecule has 0 bridgehead atoms. The number of amides is 1. The van der Waals surface area contributed by atoms with E-state index in [1.54, 1.807) is 0 Å². The second kappa shape index (κ2) is 9.52. The molecule has 5 heteroatoms. The van der Waals surface area contributed by atoms with Gasteiger partial charge in [0.2, 0.25) is 11.8 Å². The standard InChI is InChI=1S/C27H27N3O2/c1-19-9-7-11-22(17-19)28-26(31)16-15-25-21(3)29-30(23-12-8-10-20(2)18-23)27(25)32-24-13-5-4-6-14-24/h4-14,17-18H,15-16H2,1-3H3,(H,28,31). The van der Waals surface area contributed by atoms with Crippen LogP contribution in [0.25, 0.3) is 5.69 Å². The lowest BCUT2D eigenvalue weighted by molar-refractivity contribution is -0.116. The quantitative estimate of drug-likeness (QED) is 0.386. The first-order valence-electron chi connectivity index (χ1n) is 10.7. The van der Waals surface area contributed by atoms with Crippen LogP contribution in [0.1, 0.15) is 28.8 Å². The molecular weight excluding hydrogens is 398 g/mol. The Kier molecular flexibility index (Phi) is 6.36. The third-order valence-corrected chi connectivity index (χ3v) is 5.25. The summed E-state index contributed by atoms with van der Waals surface area (Å²) < 4.78 is 8.11. The van der Waals surface area contributed by atoms with Crippen LogP contribution in [0.5, 0.6) is 11.6 Å². The molecule has 32 heavy (non-hydrogen) atoms. The van der Waals surface area contributed by atoms with E-state index in [1.165, 1.54) is 0 Å². The van der Waals surface area contributed by atoms with Crippen LogP contribution in [0.15, 0.2) is 78.9 Å². The molecule has 0 fully saturated rings. The molecule has 1 heterocycles. The Morgan fingerprint density at radius 1 is 0.906 bits per heavy atom. The van der Waals surface area contributed by atoms with Gasteiger partial charge in [0.05, 0.1) is 11.4 Å². The van der Waals surface area contributed by atoms with E-state index < -0.39 is 0 Å². The summed E-state index contributed by atoms with van der Waals surface area (Å²) in [7, 11) is 0. The largest absolute Gasteiger partial charge is 0.439 e. The Labute approximate surface area is 188 Å². The summed E-state index contributed by atoms with van der Waals surface area (Å²) in [5, 5.41) is 7.73. The molecule has 0 aliphatic heterocycles. The minimum absolute atomic E-state index is 0.0380. The summed E-state index contributed by atoms with van der Waals surface area (Å²) in [5.41, 5.74) is 5.75. The molecule has 1 amide bonds. The van der Waals surface area contributed by atoms with Crippen LogP contribution in [0.3, 0.4) is 0 Å². The van der Waals surface area contributed by atoms with E-state index in [0.717, 1.165) is 39.5 Å². The third-order valence-electron chi connectivity index (χ3n) is 5.25. The number of aromatic nitrogens is 2. The fraction of sp³-hybridized carbons (Fsp3) is 0.185. The fourth-order valence-electron chi connectivity index (χ4n) is 3.65. The molecule has 0 aliphatic rings. The van der Waals surface area contributed by atoms with Crippen LogP contribution >= 0.6 is 0 Å². The van der Waals surface area contributed by atoms with Gasteiger partial charge in [-0.3, -0.25) is 4.79 Å². The Bertz CT molecular complexity index is 1230. The molecule has 0 unspecified atom stereocenters. The average molecular weight is 426 g/mol. The summed E-state index contributed by atoms with van der Waals surface area (Å²) in [6, 6.07) is 25.6. The molecule has 1 N–H and O–H groups in total. The first kappa shape index (κ1) is 21.4. The van der Waals surface area contributed by atoms with E-state index in [1.807, 2.05) is 98.2 Å². The van der Waals surface area contributed by atoms with Crippen molar-refractivity contribution in [3.63, 3.8) is 0 Å². The van der Waals surface area contributed by atoms with Gasteiger partial charge in [-0.15, -0.1) is 0 Å². The number of anilines is 1. The molecule has 0 radical (unpaired) electrons. The van der Waals surface area contributed by atoms with Gasteiger partial charge in [0.1, 0.15) is 5.75 Å². The number of aryl methyl sites for hydroxylation is 3. The highest BCUT2D eigenvalue weighted by Crippen LogP contribution is 2.31. The molecule has 4 rings (SSSR count). The summed E-state index contributed by atoms with van der Waals surface area (Å²) >= 11 is 0. The van der Waals surface area contributed by atoms with E-state index in [4.69, 9.17) is 9.84 Å². The van der Waals surface area contributed by atoms with Crippen LogP contribution in [-0.2, 0) is 11.2 Å². The van der Waals surface area contributed by atoms with Crippen molar-refractivity contribution in [1.29, 1.82) is 0 Å². The van der Waals surface area contributed by atoms with Gasteiger partial charge in [-0.2, -0.15) is 5.10 Å². The SMILES string of the molecule is Cc1cccc(NC(=O)CCc2c(C)nn(-c3cccc(C)c3)c2Oc2ccccc2)c1. The van der Waals surface area contributed by atoms with Gasteiger partial charge in [0.15, 0.2) is 0 Å². The topological polar surface area (TPSA) is 56.2 Å². The molecule has 162 valence electrons. The Balaban J connectivity index is 1.61. The Morgan fingerprint density at radius 2 is 1.62 bits per heavy atom. The highest BCUT2D eigenvalue weighted by atomic mass is 16.5. The summed E-state index contributed by atoms with van der Waals surface area (Å²) in [6.45, 7) is 6.01. The van der Waals surface area contributed by atoms with Gasteiger partial charge in [0.25, 0.3) is 0 Å². The van der Waals surface area contributed by atoms with Crippen LogP contribution in [-0.4, -0.2) is 15.7 Å². The number of nitrogens with one attached hydrogen (secondary N) is 1. The molecule has 0 saturated carbocycles. The number of rotatable bonds is 7. The number of carbonyl (C=O) groups excluding carboxylic acids is 1. The number of hydrogen-bond donors (Lipinski definition) is 1. The lowest BCUT2D eigenvalue weighted by atomic mass is 10.1. The van der Waals surface area contributed by atoms with Crippen molar-refractivity contribution in [3.8, 4) is 17.3 Å². The van der Waals surface area contributed by atoms with Crippen molar-refractivity contribution in [2.45, 2.75) is 33.6 Å². The van der Waals surface area contributed by atoms with E-state index in [0.29, 0.717) is 18.7 Å². The number of para-hydroxylation sites is 1. The third kappa shape index (κ3) is 5.06. The monoisotopic (exact) mass is 425 g/mol. The van der Waals surface area contributed by atoms with Gasteiger partial charge in [-0.1, -0.05) is 42.5 Å². The van der Waals surface area contributed by atoms with Gasteiger partial charge >= 0.3 is 0 Å². The predicted molar refractivity (Wildman–Crippen MR) is 128 cm³/mol. The molecule has 3 aromatic carbocycles. The number of ether oxygens (including phenoxy) is 1. The number of benzene rings is 3. The lowest BCUT2D eigenvalue weighted by Crippen LogP contribution is -2.12. The van der Waals surface area contributed by atoms with Crippen molar-refractivity contribution in [1.82, 2.24) is 9.78 Å². The van der Waals surface area contributed by atoms with Gasteiger partial charge in [-0.05, 0) is 74.7 Å². The zero-order valence-electron chi connectivity index (χ0n) is 18.6. The minimum Gasteiger partial charge on any atom is -0.439 e. The van der Waals surface area contributed by atoms with E-state index in [-0.39, 0.29) is 5.91 Å². The normalized spacial score (nSPS) is 10.7. The van der Waals surface area contributed by atoms with Gasteiger partial charge in [-0.25, -0.2) is 4.68 Å². The maximum atomic E-state index is 12.6. The second-order valence-electron chi connectivity index (χ2n) is 7.95. The van der Waals surface area contributed by atoms with Gasteiger partial charge < -0.3 is 10.1 Å².